The van der Waals surface area contributed by atoms with E-state index in [1.165, 1.54) is 36.6 Å². The number of para-hydroxylation sites is 1. The fourth-order valence-corrected chi connectivity index (χ4v) is 4.48. The van der Waals surface area contributed by atoms with Crippen LogP contribution in [0.4, 0.5) is 0 Å². The van der Waals surface area contributed by atoms with Crippen LogP contribution >= 0.6 is 0 Å². The third-order valence-electron chi connectivity index (χ3n) is 6.08. The first-order chi connectivity index (χ1) is 12.8. The van der Waals surface area contributed by atoms with Crippen LogP contribution in [0.5, 0.6) is 0 Å². The van der Waals surface area contributed by atoms with Crippen LogP contribution in [-0.2, 0) is 11.3 Å². The molecule has 1 saturated carbocycles. The Labute approximate surface area is 156 Å². The van der Waals surface area contributed by atoms with Gasteiger partial charge in [-0.2, -0.15) is 0 Å². The van der Waals surface area contributed by atoms with E-state index in [9.17, 15) is 4.79 Å². The summed E-state index contributed by atoms with van der Waals surface area (Å²) in [5, 5.41) is 1.20. The van der Waals surface area contributed by atoms with Gasteiger partial charge in [0.1, 0.15) is 0 Å². The molecule has 2 aromatic rings. The van der Waals surface area contributed by atoms with Crippen molar-refractivity contribution in [3.05, 3.63) is 42.1 Å². The second-order valence-corrected chi connectivity index (χ2v) is 7.84. The Morgan fingerprint density at radius 1 is 1.04 bits per heavy atom. The molecule has 0 N–H and O–H groups in total. The van der Waals surface area contributed by atoms with Crippen LogP contribution in [-0.4, -0.2) is 46.9 Å². The van der Waals surface area contributed by atoms with E-state index >= 15 is 0 Å². The summed E-state index contributed by atoms with van der Waals surface area (Å²) in [6.07, 6.45) is 9.10. The molecule has 2 aliphatic rings. The fraction of sp³-hybridized carbons (Fsp3) is 0.545. The number of carbonyl (C=O) groups is 1. The van der Waals surface area contributed by atoms with Crippen molar-refractivity contribution < 1.29 is 4.79 Å². The van der Waals surface area contributed by atoms with Gasteiger partial charge in [-0.15, -0.1) is 0 Å². The molecule has 1 aromatic carbocycles. The molecule has 0 bridgehead atoms. The lowest BCUT2D eigenvalue weighted by Gasteiger charge is -2.35. The van der Waals surface area contributed by atoms with E-state index in [1.54, 1.807) is 0 Å². The molecule has 0 spiro atoms. The third kappa shape index (κ3) is 4.07. The monoisotopic (exact) mass is 351 g/mol. The van der Waals surface area contributed by atoms with Crippen molar-refractivity contribution in [2.75, 3.05) is 26.2 Å². The maximum Gasteiger partial charge on any atom is 0.222 e. The molecule has 138 valence electrons. The van der Waals surface area contributed by atoms with Gasteiger partial charge in [-0.25, -0.2) is 0 Å². The Morgan fingerprint density at radius 2 is 1.81 bits per heavy atom. The number of nitrogens with zero attached hydrogens (tertiary/aromatic N) is 3. The molecule has 4 nitrogen and oxygen atoms in total. The number of carbonyl (C=O) groups excluding carboxylic acids is 1. The Bertz CT molecular complexity index is 741. The summed E-state index contributed by atoms with van der Waals surface area (Å²) in [6, 6.07) is 10.5. The van der Waals surface area contributed by atoms with Gasteiger partial charge in [-0.1, -0.05) is 49.9 Å². The van der Waals surface area contributed by atoms with E-state index in [0.29, 0.717) is 5.91 Å². The van der Waals surface area contributed by atoms with Gasteiger partial charge < -0.3 is 4.90 Å². The second-order valence-electron chi connectivity index (χ2n) is 7.84. The molecule has 0 atom stereocenters. The summed E-state index contributed by atoms with van der Waals surface area (Å²) in [4.78, 5) is 21.6. The zero-order valence-corrected chi connectivity index (χ0v) is 15.6. The molecule has 1 amide bonds. The topological polar surface area (TPSA) is 36.4 Å². The van der Waals surface area contributed by atoms with Crippen LogP contribution in [0.3, 0.4) is 0 Å². The molecule has 2 fully saturated rings. The average molecular weight is 351 g/mol. The van der Waals surface area contributed by atoms with Crippen LogP contribution in [0.25, 0.3) is 10.9 Å². The molecule has 0 radical (unpaired) electrons. The molecule has 26 heavy (non-hydrogen) atoms. The van der Waals surface area contributed by atoms with Crippen LogP contribution in [0.15, 0.2) is 36.5 Å². The highest BCUT2D eigenvalue weighted by Crippen LogP contribution is 2.28. The number of hydrogen-bond donors (Lipinski definition) is 0. The Balaban J connectivity index is 1.28. The van der Waals surface area contributed by atoms with Crippen molar-refractivity contribution >= 4 is 16.8 Å². The number of benzene rings is 1. The Kier molecular flexibility index (Phi) is 5.49. The highest BCUT2D eigenvalue weighted by atomic mass is 16.2. The van der Waals surface area contributed by atoms with Gasteiger partial charge in [-0.3, -0.25) is 14.7 Å². The average Bonchev–Trinajstić information content (AvgIpc) is 3.21. The standard InChI is InChI=1S/C22H29N3O/c26-21(11-10-18-5-1-2-6-18)25-15-13-24(14-16-25)17-20-8-3-7-19-9-4-12-23-22(19)20/h3-4,7-9,12,18H,1-2,5-6,10-11,13-17H2. The van der Waals surface area contributed by atoms with Crippen LogP contribution in [0.1, 0.15) is 44.1 Å². The molecule has 4 heteroatoms. The van der Waals surface area contributed by atoms with Crippen molar-refractivity contribution in [2.24, 2.45) is 5.92 Å². The minimum absolute atomic E-state index is 0.364. The number of piperazine rings is 1. The number of aromatic nitrogens is 1. The van der Waals surface area contributed by atoms with Gasteiger partial charge >= 0.3 is 0 Å². The first-order valence-corrected chi connectivity index (χ1v) is 10.1. The van der Waals surface area contributed by atoms with Gasteiger partial charge in [0.25, 0.3) is 0 Å². The van der Waals surface area contributed by atoms with E-state index in [4.69, 9.17) is 0 Å². The summed E-state index contributed by atoms with van der Waals surface area (Å²) < 4.78 is 0. The molecule has 1 aliphatic carbocycles. The molecule has 2 heterocycles. The van der Waals surface area contributed by atoms with Gasteiger partial charge in [0.2, 0.25) is 5.91 Å². The summed E-state index contributed by atoms with van der Waals surface area (Å²) in [5.41, 5.74) is 2.38. The lowest BCUT2D eigenvalue weighted by Crippen LogP contribution is -2.48. The van der Waals surface area contributed by atoms with E-state index in [0.717, 1.165) is 57.0 Å². The van der Waals surface area contributed by atoms with Gasteiger partial charge in [0.15, 0.2) is 0 Å². The van der Waals surface area contributed by atoms with Crippen molar-refractivity contribution in [3.63, 3.8) is 0 Å². The first-order valence-electron chi connectivity index (χ1n) is 10.1. The normalized spacial score (nSPS) is 19.3. The van der Waals surface area contributed by atoms with Gasteiger partial charge in [0.05, 0.1) is 5.52 Å². The third-order valence-corrected chi connectivity index (χ3v) is 6.08. The zero-order valence-electron chi connectivity index (χ0n) is 15.6. The Hall–Kier alpha value is -1.94. The fourth-order valence-electron chi connectivity index (χ4n) is 4.48. The molecule has 4 rings (SSSR count). The number of hydrogen-bond acceptors (Lipinski definition) is 3. The lowest BCUT2D eigenvalue weighted by molar-refractivity contribution is -0.133. The molecular formula is C22H29N3O. The van der Waals surface area contributed by atoms with Crippen molar-refractivity contribution in [1.82, 2.24) is 14.8 Å². The number of fused-ring (bicyclic) bond motifs is 1. The minimum atomic E-state index is 0.364. The summed E-state index contributed by atoms with van der Waals surface area (Å²) in [5.74, 6) is 1.17. The maximum absolute atomic E-state index is 12.5. The van der Waals surface area contributed by atoms with E-state index in [-0.39, 0.29) is 0 Å². The molecule has 1 aliphatic heterocycles. The highest BCUT2D eigenvalue weighted by Gasteiger charge is 2.23. The Morgan fingerprint density at radius 3 is 2.62 bits per heavy atom. The maximum atomic E-state index is 12.5. The summed E-state index contributed by atoms with van der Waals surface area (Å²) >= 11 is 0. The van der Waals surface area contributed by atoms with Crippen molar-refractivity contribution in [2.45, 2.75) is 45.1 Å². The van der Waals surface area contributed by atoms with Crippen molar-refractivity contribution in [1.29, 1.82) is 0 Å². The lowest BCUT2D eigenvalue weighted by atomic mass is 10.0. The van der Waals surface area contributed by atoms with E-state index < -0.39 is 0 Å². The molecule has 1 aromatic heterocycles. The predicted octanol–water partition coefficient (Wildman–Crippen LogP) is 3.85. The molecule has 1 saturated heterocycles. The first kappa shape index (κ1) is 17.5. The summed E-state index contributed by atoms with van der Waals surface area (Å²) in [6.45, 7) is 4.55. The SMILES string of the molecule is O=C(CCC1CCCC1)N1CCN(Cc2cccc3cccnc23)CC1. The van der Waals surface area contributed by atoms with Gasteiger partial charge in [0, 0.05) is 50.7 Å². The summed E-state index contributed by atoms with van der Waals surface area (Å²) in [7, 11) is 0. The molecular weight excluding hydrogens is 322 g/mol. The largest absolute Gasteiger partial charge is 0.340 e. The number of amides is 1. The van der Waals surface area contributed by atoms with E-state index in [2.05, 4.69) is 39.0 Å². The van der Waals surface area contributed by atoms with E-state index in [1.807, 2.05) is 12.3 Å². The smallest absolute Gasteiger partial charge is 0.222 e. The predicted molar refractivity (Wildman–Crippen MR) is 105 cm³/mol. The van der Waals surface area contributed by atoms with Crippen molar-refractivity contribution in [3.8, 4) is 0 Å². The number of pyridine rings is 1. The molecule has 0 unspecified atom stereocenters. The quantitative estimate of drug-likeness (QED) is 0.821. The minimum Gasteiger partial charge on any atom is -0.340 e. The van der Waals surface area contributed by atoms with Crippen LogP contribution < -0.4 is 0 Å². The van der Waals surface area contributed by atoms with Crippen LogP contribution in [0, 0.1) is 5.92 Å². The second kappa shape index (κ2) is 8.17. The number of rotatable bonds is 5. The zero-order chi connectivity index (χ0) is 17.8. The van der Waals surface area contributed by atoms with Gasteiger partial charge in [-0.05, 0) is 24.0 Å². The highest BCUT2D eigenvalue weighted by molar-refractivity contribution is 5.81. The van der Waals surface area contributed by atoms with Crippen LogP contribution in [0.2, 0.25) is 0 Å².